The highest BCUT2D eigenvalue weighted by molar-refractivity contribution is 5.98. The molecular weight excluding hydrogens is 450 g/mol. The van der Waals surface area contributed by atoms with Crippen LogP contribution in [0.15, 0.2) is 18.2 Å². The highest BCUT2D eigenvalue weighted by Crippen LogP contribution is 2.27. The van der Waals surface area contributed by atoms with E-state index in [1.54, 1.807) is 37.3 Å². The first-order valence-electron chi connectivity index (χ1n) is 12.0. The van der Waals surface area contributed by atoms with Gasteiger partial charge < -0.3 is 34.8 Å². The van der Waals surface area contributed by atoms with Gasteiger partial charge in [0.05, 0.1) is 24.3 Å². The highest BCUT2D eigenvalue weighted by atomic mass is 16.5. The van der Waals surface area contributed by atoms with Crippen molar-refractivity contribution in [2.24, 2.45) is 5.92 Å². The summed E-state index contributed by atoms with van der Waals surface area (Å²) in [5, 5.41) is 5.54. The third-order valence-electron chi connectivity index (χ3n) is 5.90. The Kier molecular flexibility index (Phi) is 10.3. The van der Waals surface area contributed by atoms with Crippen LogP contribution < -0.4 is 15.4 Å². The van der Waals surface area contributed by atoms with E-state index in [1.807, 2.05) is 51.6 Å². The Morgan fingerprint density at radius 3 is 2.51 bits per heavy atom. The van der Waals surface area contributed by atoms with Crippen molar-refractivity contribution in [2.45, 2.75) is 45.9 Å². The second kappa shape index (κ2) is 12.7. The zero-order valence-corrected chi connectivity index (χ0v) is 22.3. The molecule has 1 aromatic rings. The van der Waals surface area contributed by atoms with Crippen LogP contribution in [-0.2, 0) is 9.53 Å². The van der Waals surface area contributed by atoms with E-state index in [4.69, 9.17) is 9.47 Å². The molecule has 0 aliphatic carbocycles. The number of nitrogens with zero attached hydrogens (tertiary/aromatic N) is 3. The van der Waals surface area contributed by atoms with Crippen LogP contribution in [0.2, 0.25) is 0 Å². The number of hydrogen-bond acceptors (Lipinski definition) is 6. The molecule has 35 heavy (non-hydrogen) atoms. The van der Waals surface area contributed by atoms with Crippen molar-refractivity contribution in [3.63, 3.8) is 0 Å². The number of benzene rings is 1. The molecule has 0 saturated heterocycles. The SMILES string of the molecule is CO[C@@H]1CN(C)C(=O)c2ccc(NC(=O)NC(C)C)cc2OC[C@@H](C)N(C(=O)CN(C)C)C[C@@H]1C. The minimum Gasteiger partial charge on any atom is -0.491 e. The Labute approximate surface area is 208 Å². The van der Waals surface area contributed by atoms with E-state index in [-0.39, 0.29) is 55.1 Å². The van der Waals surface area contributed by atoms with E-state index in [9.17, 15) is 14.4 Å². The number of ether oxygens (including phenoxy) is 2. The lowest BCUT2D eigenvalue weighted by Crippen LogP contribution is -2.50. The van der Waals surface area contributed by atoms with Crippen molar-refractivity contribution in [2.75, 3.05) is 59.8 Å². The Morgan fingerprint density at radius 2 is 1.91 bits per heavy atom. The Hall–Kier alpha value is -2.85. The number of rotatable bonds is 5. The monoisotopic (exact) mass is 491 g/mol. The minimum absolute atomic E-state index is 0.00436. The fourth-order valence-corrected chi connectivity index (χ4v) is 3.99. The van der Waals surface area contributed by atoms with Gasteiger partial charge in [-0.3, -0.25) is 9.59 Å². The van der Waals surface area contributed by atoms with E-state index in [0.29, 0.717) is 30.1 Å². The van der Waals surface area contributed by atoms with Gasteiger partial charge in [-0.15, -0.1) is 0 Å². The largest absolute Gasteiger partial charge is 0.491 e. The van der Waals surface area contributed by atoms with Crippen molar-refractivity contribution in [1.29, 1.82) is 0 Å². The van der Waals surface area contributed by atoms with Crippen LogP contribution in [0.5, 0.6) is 5.75 Å². The molecule has 0 bridgehead atoms. The summed E-state index contributed by atoms with van der Waals surface area (Å²) >= 11 is 0. The lowest BCUT2D eigenvalue weighted by atomic mass is 10.0. The number of likely N-dealkylation sites (N-methyl/N-ethyl adjacent to an activating group) is 2. The van der Waals surface area contributed by atoms with Crippen molar-refractivity contribution < 1.29 is 23.9 Å². The Bertz CT molecular complexity index is 891. The van der Waals surface area contributed by atoms with Crippen LogP contribution in [0.1, 0.15) is 38.1 Å². The molecule has 10 heteroatoms. The first-order chi connectivity index (χ1) is 16.4. The zero-order chi connectivity index (χ0) is 26.3. The molecule has 2 rings (SSSR count). The maximum Gasteiger partial charge on any atom is 0.319 e. The topological polar surface area (TPSA) is 103 Å². The van der Waals surface area contributed by atoms with Gasteiger partial charge in [-0.05, 0) is 47.0 Å². The number of fused-ring (bicyclic) bond motifs is 1. The second-order valence-corrected chi connectivity index (χ2v) is 9.85. The van der Waals surface area contributed by atoms with Crippen LogP contribution in [0.4, 0.5) is 10.5 Å². The second-order valence-electron chi connectivity index (χ2n) is 9.85. The predicted octanol–water partition coefficient (Wildman–Crippen LogP) is 2.11. The summed E-state index contributed by atoms with van der Waals surface area (Å²) in [6.45, 7) is 9.00. The molecule has 0 radical (unpaired) electrons. The lowest BCUT2D eigenvalue weighted by Gasteiger charge is -2.36. The summed E-state index contributed by atoms with van der Waals surface area (Å²) in [5.74, 6) is 0.129. The molecule has 10 nitrogen and oxygen atoms in total. The summed E-state index contributed by atoms with van der Waals surface area (Å²) in [7, 11) is 7.06. The Morgan fingerprint density at radius 1 is 1.23 bits per heavy atom. The minimum atomic E-state index is -0.345. The maximum absolute atomic E-state index is 13.3. The van der Waals surface area contributed by atoms with Gasteiger partial charge in [0.15, 0.2) is 0 Å². The molecule has 3 atom stereocenters. The number of urea groups is 1. The smallest absolute Gasteiger partial charge is 0.319 e. The first-order valence-corrected chi connectivity index (χ1v) is 12.0. The van der Waals surface area contributed by atoms with Crippen molar-refractivity contribution in [1.82, 2.24) is 20.0 Å². The lowest BCUT2D eigenvalue weighted by molar-refractivity contribution is -0.136. The fourth-order valence-electron chi connectivity index (χ4n) is 3.99. The van der Waals surface area contributed by atoms with Gasteiger partial charge in [-0.2, -0.15) is 0 Å². The Balaban J connectivity index is 2.42. The van der Waals surface area contributed by atoms with E-state index in [1.165, 1.54) is 0 Å². The molecule has 4 amide bonds. The van der Waals surface area contributed by atoms with E-state index < -0.39 is 0 Å². The molecule has 196 valence electrons. The molecule has 0 fully saturated rings. The average molecular weight is 492 g/mol. The molecule has 0 aromatic heterocycles. The molecule has 1 heterocycles. The van der Waals surface area contributed by atoms with Gasteiger partial charge in [0, 0.05) is 51.0 Å². The predicted molar refractivity (Wildman–Crippen MR) is 136 cm³/mol. The summed E-state index contributed by atoms with van der Waals surface area (Å²) in [5.41, 5.74) is 0.879. The molecule has 2 N–H and O–H groups in total. The number of nitrogens with one attached hydrogen (secondary N) is 2. The number of anilines is 1. The van der Waals surface area contributed by atoms with Crippen LogP contribution in [0.3, 0.4) is 0 Å². The summed E-state index contributed by atoms with van der Waals surface area (Å²) in [6, 6.07) is 4.35. The summed E-state index contributed by atoms with van der Waals surface area (Å²) in [4.78, 5) is 43.8. The normalized spacial score (nSPS) is 21.7. The maximum atomic E-state index is 13.3. The molecule has 1 aliphatic heterocycles. The first kappa shape index (κ1) is 28.4. The third-order valence-corrected chi connectivity index (χ3v) is 5.90. The van der Waals surface area contributed by atoms with Crippen LogP contribution >= 0.6 is 0 Å². The van der Waals surface area contributed by atoms with Crippen LogP contribution in [-0.4, -0.2) is 105 Å². The fraction of sp³-hybridized carbons (Fsp3) is 0.640. The number of hydrogen-bond donors (Lipinski definition) is 2. The average Bonchev–Trinajstić information content (AvgIpc) is 2.76. The van der Waals surface area contributed by atoms with Crippen LogP contribution in [0.25, 0.3) is 0 Å². The van der Waals surface area contributed by atoms with Crippen molar-refractivity contribution in [3.8, 4) is 5.75 Å². The van der Waals surface area contributed by atoms with E-state index in [0.717, 1.165) is 0 Å². The van der Waals surface area contributed by atoms with Crippen molar-refractivity contribution in [3.05, 3.63) is 23.8 Å². The number of methoxy groups -OCH3 is 1. The number of carbonyl (C=O) groups excluding carboxylic acids is 3. The molecular formula is C25H41N5O5. The van der Waals surface area contributed by atoms with E-state index >= 15 is 0 Å². The molecule has 1 aliphatic rings. The van der Waals surface area contributed by atoms with Gasteiger partial charge in [-0.1, -0.05) is 6.92 Å². The van der Waals surface area contributed by atoms with Crippen molar-refractivity contribution >= 4 is 23.5 Å². The van der Waals surface area contributed by atoms with E-state index in [2.05, 4.69) is 10.6 Å². The quantitative estimate of drug-likeness (QED) is 0.654. The van der Waals surface area contributed by atoms with Crippen LogP contribution in [0, 0.1) is 5.92 Å². The van der Waals surface area contributed by atoms with Gasteiger partial charge in [-0.25, -0.2) is 4.79 Å². The number of carbonyl (C=O) groups is 3. The molecule has 0 saturated carbocycles. The van der Waals surface area contributed by atoms with Gasteiger partial charge in [0.1, 0.15) is 12.4 Å². The summed E-state index contributed by atoms with van der Waals surface area (Å²) in [6.07, 6.45) is -0.254. The zero-order valence-electron chi connectivity index (χ0n) is 22.3. The van der Waals surface area contributed by atoms with Gasteiger partial charge in [0.2, 0.25) is 5.91 Å². The van der Waals surface area contributed by atoms with Gasteiger partial charge >= 0.3 is 6.03 Å². The number of amides is 4. The summed E-state index contributed by atoms with van der Waals surface area (Å²) < 4.78 is 11.8. The highest BCUT2D eigenvalue weighted by Gasteiger charge is 2.30. The molecule has 0 unspecified atom stereocenters. The molecule has 0 spiro atoms. The van der Waals surface area contributed by atoms with Gasteiger partial charge in [0.25, 0.3) is 5.91 Å². The molecule has 1 aromatic carbocycles. The standard InChI is InChI=1S/C25H41N5O5/c1-16(2)26-25(33)27-19-9-10-20-21(11-19)35-15-18(4)30(23(31)14-28(5)6)12-17(3)22(34-8)13-29(7)24(20)32/h9-11,16-18,22H,12-15H2,1-8H3,(H2,26,27,33)/t17-,18+,22+/m0/s1. The third kappa shape index (κ3) is 8.10.